The van der Waals surface area contributed by atoms with Gasteiger partial charge < -0.3 is 11.1 Å². The summed E-state index contributed by atoms with van der Waals surface area (Å²) < 4.78 is 0. The van der Waals surface area contributed by atoms with Crippen LogP contribution in [0.3, 0.4) is 0 Å². The van der Waals surface area contributed by atoms with Crippen LogP contribution >= 0.6 is 11.6 Å². The summed E-state index contributed by atoms with van der Waals surface area (Å²) in [5.74, 6) is 0.108. The standard InChI is InChI=1S/C10H11ClN4O/c11-9-7(6-12)3-5-15-10(9)14-4-1-2-8(13)16/h3,5H,1-2,4H2,(H2,13,16)(H,14,15). The zero-order valence-electron chi connectivity index (χ0n) is 8.53. The monoisotopic (exact) mass is 238 g/mol. The molecule has 84 valence electrons. The summed E-state index contributed by atoms with van der Waals surface area (Å²) in [5, 5.41) is 12.0. The van der Waals surface area contributed by atoms with Gasteiger partial charge in [0.2, 0.25) is 5.91 Å². The number of hydrogen-bond acceptors (Lipinski definition) is 4. The molecule has 0 aliphatic rings. The van der Waals surface area contributed by atoms with Gasteiger partial charge in [0.05, 0.1) is 5.56 Å². The van der Waals surface area contributed by atoms with Gasteiger partial charge in [0.25, 0.3) is 0 Å². The third-order valence-electron chi connectivity index (χ3n) is 1.90. The number of primary amides is 1. The predicted octanol–water partition coefficient (Wildman–Crippen LogP) is 1.28. The van der Waals surface area contributed by atoms with Gasteiger partial charge in [0.15, 0.2) is 0 Å². The largest absolute Gasteiger partial charge is 0.370 e. The summed E-state index contributed by atoms with van der Waals surface area (Å²) in [7, 11) is 0. The quantitative estimate of drug-likeness (QED) is 0.756. The third kappa shape index (κ3) is 3.41. The molecule has 1 aromatic rings. The highest BCUT2D eigenvalue weighted by Gasteiger charge is 2.06. The number of rotatable bonds is 5. The fourth-order valence-electron chi connectivity index (χ4n) is 1.12. The number of hydrogen-bond donors (Lipinski definition) is 2. The molecule has 0 saturated heterocycles. The number of nitrogens with two attached hydrogens (primary N) is 1. The summed E-state index contributed by atoms with van der Waals surface area (Å²) in [5.41, 5.74) is 5.37. The van der Waals surface area contributed by atoms with Crippen molar-refractivity contribution in [1.82, 2.24) is 4.98 Å². The average molecular weight is 239 g/mol. The molecule has 0 aliphatic carbocycles. The fraction of sp³-hybridized carbons (Fsp3) is 0.300. The first kappa shape index (κ1) is 12.3. The van der Waals surface area contributed by atoms with Gasteiger partial charge in [-0.3, -0.25) is 4.79 Å². The molecule has 0 atom stereocenters. The van der Waals surface area contributed by atoms with Crippen LogP contribution in [0.25, 0.3) is 0 Å². The van der Waals surface area contributed by atoms with Crippen LogP contribution in [0.5, 0.6) is 0 Å². The first-order valence-corrected chi connectivity index (χ1v) is 5.09. The van der Waals surface area contributed by atoms with Gasteiger partial charge in [-0.15, -0.1) is 0 Å². The number of nitriles is 1. The van der Waals surface area contributed by atoms with Crippen LogP contribution in [0.1, 0.15) is 18.4 Å². The van der Waals surface area contributed by atoms with Crippen LogP contribution in [0.15, 0.2) is 12.3 Å². The number of anilines is 1. The molecule has 0 spiro atoms. The number of pyridine rings is 1. The Morgan fingerprint density at radius 1 is 1.69 bits per heavy atom. The summed E-state index contributed by atoms with van der Waals surface area (Å²) in [6.45, 7) is 0.532. The van der Waals surface area contributed by atoms with E-state index >= 15 is 0 Å². The van der Waals surface area contributed by atoms with E-state index in [0.29, 0.717) is 35.8 Å². The zero-order chi connectivity index (χ0) is 12.0. The number of carbonyl (C=O) groups is 1. The van der Waals surface area contributed by atoms with E-state index < -0.39 is 0 Å². The summed E-state index contributed by atoms with van der Waals surface area (Å²) in [6, 6.07) is 3.50. The molecule has 5 nitrogen and oxygen atoms in total. The second-order valence-electron chi connectivity index (χ2n) is 3.13. The van der Waals surface area contributed by atoms with Crippen molar-refractivity contribution in [2.24, 2.45) is 5.73 Å². The van der Waals surface area contributed by atoms with E-state index in [1.165, 1.54) is 12.3 Å². The Morgan fingerprint density at radius 2 is 2.44 bits per heavy atom. The van der Waals surface area contributed by atoms with Crippen LogP contribution in [0, 0.1) is 11.3 Å². The third-order valence-corrected chi connectivity index (χ3v) is 2.28. The lowest BCUT2D eigenvalue weighted by molar-refractivity contribution is -0.118. The molecule has 0 fully saturated rings. The van der Waals surface area contributed by atoms with Gasteiger partial charge in [-0.2, -0.15) is 5.26 Å². The maximum absolute atomic E-state index is 10.5. The van der Waals surface area contributed by atoms with Gasteiger partial charge in [-0.1, -0.05) is 11.6 Å². The molecule has 0 bridgehead atoms. The van der Waals surface area contributed by atoms with Gasteiger partial charge in [0, 0.05) is 19.2 Å². The highest BCUT2D eigenvalue weighted by atomic mass is 35.5. The maximum Gasteiger partial charge on any atom is 0.217 e. The van der Waals surface area contributed by atoms with Crippen LogP contribution in [0.4, 0.5) is 5.82 Å². The van der Waals surface area contributed by atoms with Gasteiger partial charge >= 0.3 is 0 Å². The Kier molecular flexibility index (Phi) is 4.55. The molecule has 1 rings (SSSR count). The van der Waals surface area contributed by atoms with Crippen molar-refractivity contribution >= 4 is 23.3 Å². The minimum Gasteiger partial charge on any atom is -0.370 e. The van der Waals surface area contributed by atoms with Crippen LogP contribution in [-0.2, 0) is 4.79 Å². The number of amides is 1. The van der Waals surface area contributed by atoms with Crippen molar-refractivity contribution in [3.63, 3.8) is 0 Å². The van der Waals surface area contributed by atoms with Crippen LogP contribution in [-0.4, -0.2) is 17.4 Å². The number of nitrogens with one attached hydrogen (secondary N) is 1. The topological polar surface area (TPSA) is 91.8 Å². The smallest absolute Gasteiger partial charge is 0.217 e. The molecule has 3 N–H and O–H groups in total. The SMILES string of the molecule is N#Cc1ccnc(NCCCC(N)=O)c1Cl. The number of carbonyl (C=O) groups excluding carboxylic acids is 1. The second kappa shape index (κ2) is 5.93. The van der Waals surface area contributed by atoms with E-state index in [4.69, 9.17) is 22.6 Å². The minimum atomic E-state index is -0.341. The molecule has 0 saturated carbocycles. The number of halogens is 1. The highest BCUT2D eigenvalue weighted by molar-refractivity contribution is 6.34. The molecule has 0 aromatic carbocycles. The van der Waals surface area contributed by atoms with Crippen molar-refractivity contribution in [2.45, 2.75) is 12.8 Å². The normalized spacial score (nSPS) is 9.50. The maximum atomic E-state index is 10.5. The lowest BCUT2D eigenvalue weighted by Gasteiger charge is -2.06. The molecule has 1 aromatic heterocycles. The Balaban J connectivity index is 2.55. The van der Waals surface area contributed by atoms with E-state index in [-0.39, 0.29) is 5.91 Å². The second-order valence-corrected chi connectivity index (χ2v) is 3.51. The molecular weight excluding hydrogens is 228 g/mol. The van der Waals surface area contributed by atoms with Crippen molar-refractivity contribution in [1.29, 1.82) is 5.26 Å². The molecular formula is C10H11ClN4O. The Bertz CT molecular complexity index is 427. The average Bonchev–Trinajstić information content (AvgIpc) is 2.26. The van der Waals surface area contributed by atoms with Gasteiger partial charge in [-0.25, -0.2) is 4.98 Å². The molecule has 6 heteroatoms. The molecule has 1 heterocycles. The highest BCUT2D eigenvalue weighted by Crippen LogP contribution is 2.22. The van der Waals surface area contributed by atoms with Crippen LogP contribution < -0.4 is 11.1 Å². The first-order valence-electron chi connectivity index (χ1n) is 4.72. The number of nitrogens with zero attached hydrogens (tertiary/aromatic N) is 2. The molecule has 0 unspecified atom stereocenters. The Hall–Kier alpha value is -1.80. The van der Waals surface area contributed by atoms with Crippen molar-refractivity contribution in [2.75, 3.05) is 11.9 Å². The van der Waals surface area contributed by atoms with Crippen molar-refractivity contribution in [3.8, 4) is 6.07 Å². The van der Waals surface area contributed by atoms with E-state index in [0.717, 1.165) is 0 Å². The fourth-order valence-corrected chi connectivity index (χ4v) is 1.34. The summed E-state index contributed by atoms with van der Waals surface area (Å²) in [4.78, 5) is 14.5. The summed E-state index contributed by atoms with van der Waals surface area (Å²) >= 11 is 5.91. The molecule has 0 aliphatic heterocycles. The van der Waals surface area contributed by atoms with Crippen molar-refractivity contribution < 1.29 is 4.79 Å². The van der Waals surface area contributed by atoms with Gasteiger partial charge in [-0.05, 0) is 12.5 Å². The number of aromatic nitrogens is 1. The van der Waals surface area contributed by atoms with E-state index in [1.54, 1.807) is 0 Å². The van der Waals surface area contributed by atoms with E-state index in [9.17, 15) is 4.79 Å². The summed E-state index contributed by atoms with van der Waals surface area (Å²) in [6.07, 6.45) is 2.41. The van der Waals surface area contributed by atoms with Crippen molar-refractivity contribution in [3.05, 3.63) is 22.8 Å². The Morgan fingerprint density at radius 3 is 3.06 bits per heavy atom. The first-order chi connectivity index (χ1) is 7.65. The lowest BCUT2D eigenvalue weighted by atomic mass is 10.2. The lowest BCUT2D eigenvalue weighted by Crippen LogP contribution is -2.13. The van der Waals surface area contributed by atoms with E-state index in [1.807, 2.05) is 6.07 Å². The molecule has 0 radical (unpaired) electrons. The Labute approximate surface area is 98.2 Å². The van der Waals surface area contributed by atoms with Gasteiger partial charge in [0.1, 0.15) is 16.9 Å². The molecule has 1 amide bonds. The van der Waals surface area contributed by atoms with Crippen LogP contribution in [0.2, 0.25) is 5.02 Å². The molecule has 16 heavy (non-hydrogen) atoms. The predicted molar refractivity (Wildman–Crippen MR) is 60.9 cm³/mol. The zero-order valence-corrected chi connectivity index (χ0v) is 9.29. The minimum absolute atomic E-state index is 0.295. The van der Waals surface area contributed by atoms with E-state index in [2.05, 4.69) is 10.3 Å².